The minimum atomic E-state index is 0.228. The second-order valence-electron chi connectivity index (χ2n) is 9.35. The lowest BCUT2D eigenvalue weighted by Crippen LogP contribution is -2.46. The maximum atomic E-state index is 6.44. The number of nitrogens with zero attached hydrogens (tertiary/aromatic N) is 3. The molecule has 1 aliphatic carbocycles. The Labute approximate surface area is 185 Å². The molecule has 2 aromatic heterocycles. The van der Waals surface area contributed by atoms with Gasteiger partial charge in [0.15, 0.2) is 0 Å². The molecule has 0 spiro atoms. The van der Waals surface area contributed by atoms with Gasteiger partial charge in [-0.05, 0) is 24.8 Å². The van der Waals surface area contributed by atoms with Crippen molar-refractivity contribution in [3.63, 3.8) is 0 Å². The van der Waals surface area contributed by atoms with E-state index in [2.05, 4.69) is 45.9 Å². The summed E-state index contributed by atoms with van der Waals surface area (Å²) >= 11 is 1.70. The highest BCUT2D eigenvalue weighted by molar-refractivity contribution is 7.17. The summed E-state index contributed by atoms with van der Waals surface area (Å²) in [6, 6.07) is 12.5. The van der Waals surface area contributed by atoms with Crippen LogP contribution in [0, 0.1) is 5.92 Å². The van der Waals surface area contributed by atoms with Crippen molar-refractivity contribution in [1.82, 2.24) is 15.3 Å². The number of nitrogens with one attached hydrogen (secondary N) is 1. The van der Waals surface area contributed by atoms with Crippen LogP contribution < -0.4 is 15.0 Å². The molecule has 7 rings (SSSR count). The average molecular weight is 435 g/mol. The second kappa shape index (κ2) is 7.15. The van der Waals surface area contributed by atoms with E-state index in [1.165, 1.54) is 17.5 Å². The van der Waals surface area contributed by atoms with Crippen LogP contribution in [0.25, 0.3) is 21.3 Å². The normalized spacial score (nSPS) is 31.6. The van der Waals surface area contributed by atoms with Crippen LogP contribution in [0.3, 0.4) is 0 Å². The predicted molar refractivity (Wildman–Crippen MR) is 122 cm³/mol. The number of hydrogen-bond acceptors (Lipinski definition) is 7. The number of piperidine rings is 1. The molecule has 4 aliphatic rings. The fourth-order valence-corrected chi connectivity index (χ4v) is 6.95. The quantitative estimate of drug-likeness (QED) is 0.673. The Kier molecular flexibility index (Phi) is 4.24. The maximum absolute atomic E-state index is 6.44. The third-order valence-corrected chi connectivity index (χ3v) is 8.39. The SMILES string of the molecule is c1ccc(-c2csc3nc(OC4CC5CC4CN5)nc(N4C5CCC4COC5)c23)cc1. The van der Waals surface area contributed by atoms with Crippen molar-refractivity contribution in [2.45, 2.75) is 49.9 Å². The summed E-state index contributed by atoms with van der Waals surface area (Å²) in [5.74, 6) is 1.62. The van der Waals surface area contributed by atoms with E-state index in [-0.39, 0.29) is 6.10 Å². The van der Waals surface area contributed by atoms with Gasteiger partial charge in [-0.25, -0.2) is 0 Å². The first-order valence-electron chi connectivity index (χ1n) is 11.4. The average Bonchev–Trinajstić information content (AvgIpc) is 3.57. The van der Waals surface area contributed by atoms with Crippen molar-refractivity contribution < 1.29 is 9.47 Å². The number of hydrogen-bond donors (Lipinski definition) is 1. The van der Waals surface area contributed by atoms with Crippen LogP contribution in [0.4, 0.5) is 5.82 Å². The van der Waals surface area contributed by atoms with E-state index in [1.54, 1.807) is 11.3 Å². The van der Waals surface area contributed by atoms with Crippen LogP contribution in [-0.2, 0) is 4.74 Å². The number of anilines is 1. The van der Waals surface area contributed by atoms with Gasteiger partial charge in [0.1, 0.15) is 16.8 Å². The van der Waals surface area contributed by atoms with Crippen molar-refractivity contribution in [2.75, 3.05) is 24.7 Å². The van der Waals surface area contributed by atoms with Crippen LogP contribution in [0.15, 0.2) is 35.7 Å². The molecule has 4 fully saturated rings. The van der Waals surface area contributed by atoms with Gasteiger partial charge in [-0.3, -0.25) is 0 Å². The second-order valence-corrected chi connectivity index (χ2v) is 10.2. The van der Waals surface area contributed by atoms with Gasteiger partial charge in [0, 0.05) is 35.9 Å². The smallest absolute Gasteiger partial charge is 0.320 e. The third kappa shape index (κ3) is 2.97. The van der Waals surface area contributed by atoms with E-state index in [9.17, 15) is 0 Å². The molecule has 0 radical (unpaired) electrons. The topological polar surface area (TPSA) is 59.5 Å². The van der Waals surface area contributed by atoms with Gasteiger partial charge in [-0.2, -0.15) is 9.97 Å². The lowest BCUT2D eigenvalue weighted by Gasteiger charge is -2.36. The summed E-state index contributed by atoms with van der Waals surface area (Å²) < 4.78 is 12.3. The van der Waals surface area contributed by atoms with Gasteiger partial charge in [-0.1, -0.05) is 30.3 Å². The Bertz CT molecular complexity index is 1100. The van der Waals surface area contributed by atoms with Crippen molar-refractivity contribution >= 4 is 27.4 Å². The van der Waals surface area contributed by atoms with Crippen LogP contribution in [0.5, 0.6) is 6.01 Å². The lowest BCUT2D eigenvalue weighted by atomic mass is 10.1. The molecule has 5 unspecified atom stereocenters. The summed E-state index contributed by atoms with van der Waals surface area (Å²) in [4.78, 5) is 13.5. The standard InChI is InChI=1S/C24H26N4O2S/c1-2-4-14(5-3-1)19-13-31-23-21(19)22(28-17-6-7-18(28)12-29-11-17)26-24(27-23)30-20-9-16-8-15(20)10-25-16/h1-5,13,15-18,20,25H,6-12H2. The van der Waals surface area contributed by atoms with Crippen LogP contribution in [0.1, 0.15) is 25.7 Å². The van der Waals surface area contributed by atoms with Crippen LogP contribution >= 0.6 is 11.3 Å². The van der Waals surface area contributed by atoms with Crippen LogP contribution in [-0.4, -0.2) is 54.0 Å². The Morgan fingerprint density at radius 3 is 2.65 bits per heavy atom. The Balaban J connectivity index is 1.35. The number of aromatic nitrogens is 2. The minimum absolute atomic E-state index is 0.228. The Hall–Kier alpha value is -2.22. The van der Waals surface area contributed by atoms with Crippen molar-refractivity contribution in [3.05, 3.63) is 35.7 Å². The first-order valence-corrected chi connectivity index (χ1v) is 12.3. The molecule has 1 saturated carbocycles. The van der Waals surface area contributed by atoms with E-state index >= 15 is 0 Å². The van der Waals surface area contributed by atoms with Gasteiger partial charge >= 0.3 is 6.01 Å². The fourth-order valence-electron chi connectivity index (χ4n) is 6.01. The van der Waals surface area contributed by atoms with Crippen molar-refractivity contribution in [3.8, 4) is 17.1 Å². The zero-order valence-corrected chi connectivity index (χ0v) is 18.2. The summed E-state index contributed by atoms with van der Waals surface area (Å²) in [7, 11) is 0. The van der Waals surface area contributed by atoms with Crippen molar-refractivity contribution in [2.24, 2.45) is 5.92 Å². The lowest BCUT2D eigenvalue weighted by molar-refractivity contribution is 0.0900. The number of morpholine rings is 1. The molecular formula is C24H26N4O2S. The Morgan fingerprint density at radius 1 is 1.06 bits per heavy atom. The maximum Gasteiger partial charge on any atom is 0.320 e. The molecule has 1 N–H and O–H groups in total. The summed E-state index contributed by atoms with van der Waals surface area (Å²) in [5.41, 5.74) is 2.43. The molecule has 5 atom stereocenters. The molecule has 0 amide bonds. The molecule has 3 aliphatic heterocycles. The molecule has 6 nitrogen and oxygen atoms in total. The van der Waals surface area contributed by atoms with Crippen molar-refractivity contribution in [1.29, 1.82) is 0 Å². The monoisotopic (exact) mass is 434 g/mol. The molecule has 3 aromatic rings. The number of ether oxygens (including phenoxy) is 2. The van der Waals surface area contributed by atoms with Gasteiger partial charge in [0.2, 0.25) is 0 Å². The van der Waals surface area contributed by atoms with Gasteiger partial charge < -0.3 is 19.7 Å². The largest absolute Gasteiger partial charge is 0.460 e. The highest BCUT2D eigenvalue weighted by Crippen LogP contribution is 2.44. The zero-order valence-electron chi connectivity index (χ0n) is 17.4. The third-order valence-electron chi connectivity index (χ3n) is 7.52. The highest BCUT2D eigenvalue weighted by atomic mass is 32.1. The molecule has 4 bridgehead atoms. The van der Waals surface area contributed by atoms with Gasteiger partial charge in [-0.15, -0.1) is 11.3 Å². The van der Waals surface area contributed by atoms with E-state index in [0.29, 0.717) is 30.1 Å². The molecular weight excluding hydrogens is 408 g/mol. The molecule has 5 heterocycles. The zero-order chi connectivity index (χ0) is 20.4. The molecule has 3 saturated heterocycles. The van der Waals surface area contributed by atoms with E-state index in [0.717, 1.165) is 55.1 Å². The highest BCUT2D eigenvalue weighted by Gasteiger charge is 2.42. The van der Waals surface area contributed by atoms with E-state index in [4.69, 9.17) is 19.4 Å². The van der Waals surface area contributed by atoms with E-state index < -0.39 is 0 Å². The number of thiophene rings is 1. The summed E-state index contributed by atoms with van der Waals surface area (Å²) in [6.45, 7) is 2.61. The first-order chi connectivity index (χ1) is 15.3. The molecule has 1 aromatic carbocycles. The Morgan fingerprint density at radius 2 is 1.90 bits per heavy atom. The summed E-state index contributed by atoms with van der Waals surface area (Å²) in [5, 5.41) is 6.96. The van der Waals surface area contributed by atoms with Gasteiger partial charge in [0.05, 0.1) is 30.7 Å². The number of rotatable bonds is 4. The molecule has 7 heteroatoms. The van der Waals surface area contributed by atoms with E-state index in [1.807, 2.05) is 0 Å². The summed E-state index contributed by atoms with van der Waals surface area (Å²) in [6.07, 6.45) is 4.82. The molecule has 31 heavy (non-hydrogen) atoms. The number of fused-ring (bicyclic) bond motifs is 5. The molecule has 160 valence electrons. The first kappa shape index (κ1) is 18.4. The van der Waals surface area contributed by atoms with Gasteiger partial charge in [0.25, 0.3) is 0 Å². The number of benzene rings is 1. The predicted octanol–water partition coefficient (Wildman–Crippen LogP) is 3.86. The van der Waals surface area contributed by atoms with Crippen LogP contribution in [0.2, 0.25) is 0 Å². The fraction of sp³-hybridized carbons (Fsp3) is 0.500. The minimum Gasteiger partial charge on any atom is -0.460 e.